The van der Waals surface area contributed by atoms with Crippen molar-refractivity contribution < 1.29 is 28.3 Å². The van der Waals surface area contributed by atoms with Crippen molar-refractivity contribution in [3.8, 4) is 0 Å². The molecular formula is C27H19NO7. The molecule has 0 saturated carbocycles. The van der Waals surface area contributed by atoms with Gasteiger partial charge >= 0.3 is 5.97 Å². The molecule has 0 fully saturated rings. The Bertz CT molecular complexity index is 1620. The number of carbonyl (C=O) groups excluding carboxylic acids is 1. The first-order valence-electron chi connectivity index (χ1n) is 10.7. The van der Waals surface area contributed by atoms with Gasteiger partial charge in [0.25, 0.3) is 5.91 Å². The maximum atomic E-state index is 12.9. The Morgan fingerprint density at radius 1 is 0.886 bits per heavy atom. The number of ether oxygens (including phenoxy) is 1. The molecule has 8 nitrogen and oxygen atoms in total. The summed E-state index contributed by atoms with van der Waals surface area (Å²) in [6.45, 7) is 0.738. The number of hydrogen-bond acceptors (Lipinski definition) is 6. The number of amides is 1. The minimum Gasteiger partial charge on any atom is -0.475 e. The first kappa shape index (κ1) is 22.1. The molecule has 3 aromatic carbocycles. The molecule has 0 radical (unpaired) electrons. The Morgan fingerprint density at radius 3 is 2.51 bits per heavy atom. The van der Waals surface area contributed by atoms with Gasteiger partial charge in [-0.2, -0.15) is 0 Å². The van der Waals surface area contributed by atoms with Crippen LogP contribution in [-0.4, -0.2) is 17.0 Å². The number of aromatic carboxylic acids is 1. The van der Waals surface area contributed by atoms with Crippen molar-refractivity contribution in [3.05, 3.63) is 112 Å². The van der Waals surface area contributed by atoms with Crippen molar-refractivity contribution in [3.63, 3.8) is 0 Å². The van der Waals surface area contributed by atoms with Crippen LogP contribution in [0.1, 0.15) is 32.2 Å². The van der Waals surface area contributed by atoms with Gasteiger partial charge in [0.15, 0.2) is 11.0 Å². The summed E-state index contributed by atoms with van der Waals surface area (Å²) in [6, 6.07) is 22.1. The first-order chi connectivity index (χ1) is 17.0. The lowest BCUT2D eigenvalue weighted by atomic mass is 10.1. The number of nitrogens with one attached hydrogen (secondary N) is 1. The Hall–Kier alpha value is -4.69. The van der Waals surface area contributed by atoms with Gasteiger partial charge in [0, 0.05) is 17.0 Å². The molecule has 0 spiro atoms. The van der Waals surface area contributed by atoms with E-state index in [1.807, 2.05) is 36.4 Å². The highest BCUT2D eigenvalue weighted by molar-refractivity contribution is 6.09. The zero-order valence-corrected chi connectivity index (χ0v) is 18.3. The fourth-order valence-corrected chi connectivity index (χ4v) is 3.73. The van der Waals surface area contributed by atoms with E-state index in [0.29, 0.717) is 23.5 Å². The standard InChI is InChI=1S/C27H19NO7/c29-22-13-24(27(31)32)35-25-20(22)7-4-8-21(25)28-26(30)17-9-10-23-18(11-17)12-19(34-23)15-33-14-16-5-2-1-3-6-16/h1-13H,14-15H2,(H,28,30)(H,31,32). The molecule has 2 heterocycles. The van der Waals surface area contributed by atoms with Crippen molar-refractivity contribution >= 4 is 39.5 Å². The lowest BCUT2D eigenvalue weighted by Crippen LogP contribution is -2.13. The number of fused-ring (bicyclic) bond motifs is 2. The second-order valence-electron chi connectivity index (χ2n) is 7.86. The number of carboxylic acids is 1. The van der Waals surface area contributed by atoms with Gasteiger partial charge in [0.2, 0.25) is 5.76 Å². The zero-order chi connectivity index (χ0) is 24.4. The number of furan rings is 1. The van der Waals surface area contributed by atoms with E-state index in [-0.39, 0.29) is 23.3 Å². The third-order valence-electron chi connectivity index (χ3n) is 5.40. The average Bonchev–Trinajstić information content (AvgIpc) is 3.27. The molecule has 0 unspecified atom stereocenters. The van der Waals surface area contributed by atoms with Gasteiger partial charge < -0.3 is 24.0 Å². The number of para-hydroxylation sites is 1. The van der Waals surface area contributed by atoms with Crippen LogP contribution in [-0.2, 0) is 18.0 Å². The molecule has 174 valence electrons. The van der Waals surface area contributed by atoms with Crippen LogP contribution in [0.25, 0.3) is 21.9 Å². The molecule has 2 aromatic heterocycles. The van der Waals surface area contributed by atoms with Crippen molar-refractivity contribution in [2.24, 2.45) is 0 Å². The predicted octanol–water partition coefficient (Wildman–Crippen LogP) is 5.21. The summed E-state index contributed by atoms with van der Waals surface area (Å²) in [7, 11) is 0. The lowest BCUT2D eigenvalue weighted by Gasteiger charge is -2.08. The highest BCUT2D eigenvalue weighted by Crippen LogP contribution is 2.25. The first-order valence-corrected chi connectivity index (χ1v) is 10.7. The van der Waals surface area contributed by atoms with Gasteiger partial charge in [-0.3, -0.25) is 9.59 Å². The molecule has 5 aromatic rings. The molecule has 0 saturated heterocycles. The Morgan fingerprint density at radius 2 is 1.71 bits per heavy atom. The fraction of sp³-hybridized carbons (Fsp3) is 0.0741. The molecular weight excluding hydrogens is 450 g/mol. The van der Waals surface area contributed by atoms with E-state index in [2.05, 4.69) is 5.32 Å². The van der Waals surface area contributed by atoms with Crippen molar-refractivity contribution in [1.82, 2.24) is 0 Å². The highest BCUT2D eigenvalue weighted by Gasteiger charge is 2.16. The molecule has 0 atom stereocenters. The highest BCUT2D eigenvalue weighted by atomic mass is 16.5. The number of rotatable bonds is 7. The van der Waals surface area contributed by atoms with Crippen LogP contribution in [0.4, 0.5) is 5.69 Å². The summed E-state index contributed by atoms with van der Waals surface area (Å²) in [5.74, 6) is -1.71. The number of benzene rings is 3. The van der Waals surface area contributed by atoms with Gasteiger partial charge in [-0.15, -0.1) is 0 Å². The predicted molar refractivity (Wildman–Crippen MR) is 129 cm³/mol. The van der Waals surface area contributed by atoms with E-state index in [1.165, 1.54) is 12.1 Å². The largest absolute Gasteiger partial charge is 0.475 e. The minimum absolute atomic E-state index is 0.00649. The minimum atomic E-state index is -1.38. The Balaban J connectivity index is 1.35. The summed E-state index contributed by atoms with van der Waals surface area (Å²) in [6.07, 6.45) is 0. The molecule has 0 bridgehead atoms. The van der Waals surface area contributed by atoms with Crippen LogP contribution < -0.4 is 10.7 Å². The van der Waals surface area contributed by atoms with Crippen LogP contribution in [0.3, 0.4) is 0 Å². The third-order valence-corrected chi connectivity index (χ3v) is 5.40. The quantitative estimate of drug-likeness (QED) is 0.336. The van der Waals surface area contributed by atoms with Crippen molar-refractivity contribution in [2.75, 3.05) is 5.32 Å². The van der Waals surface area contributed by atoms with Crippen molar-refractivity contribution in [2.45, 2.75) is 13.2 Å². The number of carboxylic acid groups (broad SMARTS) is 1. The molecule has 8 heteroatoms. The van der Waals surface area contributed by atoms with Crippen LogP contribution >= 0.6 is 0 Å². The average molecular weight is 469 g/mol. The van der Waals surface area contributed by atoms with Gasteiger partial charge in [0.05, 0.1) is 17.7 Å². The molecule has 35 heavy (non-hydrogen) atoms. The fourth-order valence-electron chi connectivity index (χ4n) is 3.73. The SMILES string of the molecule is O=C(Nc1cccc2c(=O)cc(C(=O)O)oc12)c1ccc2oc(COCc3ccccc3)cc2c1. The van der Waals surface area contributed by atoms with Crippen LogP contribution in [0, 0.1) is 0 Å². The van der Waals surface area contributed by atoms with E-state index < -0.39 is 23.1 Å². The van der Waals surface area contributed by atoms with E-state index in [1.54, 1.807) is 24.3 Å². The molecule has 0 aliphatic rings. The molecule has 2 N–H and O–H groups in total. The second-order valence-corrected chi connectivity index (χ2v) is 7.86. The number of anilines is 1. The van der Waals surface area contributed by atoms with Crippen molar-refractivity contribution in [1.29, 1.82) is 0 Å². The second kappa shape index (κ2) is 9.28. The Kier molecular flexibility index (Phi) is 5.87. The monoisotopic (exact) mass is 469 g/mol. The van der Waals surface area contributed by atoms with Gasteiger partial charge in [-0.25, -0.2) is 4.79 Å². The van der Waals surface area contributed by atoms with E-state index >= 15 is 0 Å². The molecule has 0 aliphatic heterocycles. The topological polar surface area (TPSA) is 119 Å². The van der Waals surface area contributed by atoms with Crippen LogP contribution in [0.2, 0.25) is 0 Å². The van der Waals surface area contributed by atoms with Crippen LogP contribution in [0.15, 0.2) is 92.5 Å². The number of hydrogen-bond donors (Lipinski definition) is 2. The summed E-state index contributed by atoms with van der Waals surface area (Å²) in [5, 5.41) is 12.8. The molecule has 5 rings (SSSR count). The van der Waals surface area contributed by atoms with E-state index in [4.69, 9.17) is 13.6 Å². The molecule has 0 aliphatic carbocycles. The van der Waals surface area contributed by atoms with Gasteiger partial charge in [-0.1, -0.05) is 36.4 Å². The number of carbonyl (C=O) groups is 2. The third kappa shape index (κ3) is 4.68. The zero-order valence-electron chi connectivity index (χ0n) is 18.3. The Labute approximate surface area is 198 Å². The smallest absolute Gasteiger partial charge is 0.371 e. The van der Waals surface area contributed by atoms with Gasteiger partial charge in [0.1, 0.15) is 18.0 Å². The van der Waals surface area contributed by atoms with Gasteiger partial charge in [-0.05, 0) is 42.0 Å². The van der Waals surface area contributed by atoms with E-state index in [9.17, 15) is 19.5 Å². The summed E-state index contributed by atoms with van der Waals surface area (Å²) >= 11 is 0. The molecule has 1 amide bonds. The van der Waals surface area contributed by atoms with E-state index in [0.717, 1.165) is 17.0 Å². The lowest BCUT2D eigenvalue weighted by molar-refractivity contribution is 0.0663. The van der Waals surface area contributed by atoms with Crippen LogP contribution in [0.5, 0.6) is 0 Å². The maximum absolute atomic E-state index is 12.9. The maximum Gasteiger partial charge on any atom is 0.371 e. The summed E-state index contributed by atoms with van der Waals surface area (Å²) in [4.78, 5) is 36.5. The summed E-state index contributed by atoms with van der Waals surface area (Å²) < 4.78 is 16.9. The normalized spacial score (nSPS) is 11.1. The summed E-state index contributed by atoms with van der Waals surface area (Å²) in [5.41, 5.74) is 1.69.